The first-order valence-corrected chi connectivity index (χ1v) is 7.72. The molecule has 1 saturated heterocycles. The summed E-state index contributed by atoms with van der Waals surface area (Å²) in [5, 5.41) is 0. The molecule has 0 aromatic rings. The summed E-state index contributed by atoms with van der Waals surface area (Å²) >= 11 is 0. The van der Waals surface area contributed by atoms with Crippen LogP contribution in [-0.2, 0) is 0 Å². The summed E-state index contributed by atoms with van der Waals surface area (Å²) in [6.45, 7) is 11.2. The molecule has 1 nitrogen and oxygen atoms in total. The fraction of sp³-hybridized carbons (Fsp3) is 1.00. The van der Waals surface area contributed by atoms with Crippen LogP contribution in [0.1, 0.15) is 53.4 Å². The summed E-state index contributed by atoms with van der Waals surface area (Å²) in [6, 6.07) is 0.889. The lowest BCUT2D eigenvalue weighted by Gasteiger charge is -2.25. The quantitative estimate of drug-likeness (QED) is 0.716. The lowest BCUT2D eigenvalue weighted by molar-refractivity contribution is 0.236. The zero-order valence-electron chi connectivity index (χ0n) is 12.4. The Morgan fingerprint density at radius 1 is 0.882 bits per heavy atom. The van der Waals surface area contributed by atoms with E-state index < -0.39 is 0 Å². The lowest BCUT2D eigenvalue weighted by atomic mass is 9.84. The molecule has 17 heavy (non-hydrogen) atoms. The van der Waals surface area contributed by atoms with Crippen LogP contribution in [0.5, 0.6) is 0 Å². The Bertz CT molecular complexity index is 236. The number of likely N-dealkylation sites (tertiary alicyclic amines) is 1. The summed E-state index contributed by atoms with van der Waals surface area (Å²) in [5.41, 5.74) is 0. The molecule has 1 aliphatic carbocycles. The van der Waals surface area contributed by atoms with E-state index in [0.717, 1.165) is 35.6 Å². The second kappa shape index (κ2) is 5.30. The van der Waals surface area contributed by atoms with Crippen LogP contribution in [-0.4, -0.2) is 24.5 Å². The van der Waals surface area contributed by atoms with Crippen molar-refractivity contribution in [1.82, 2.24) is 4.90 Å². The maximum atomic E-state index is 2.58. The molecule has 0 amide bonds. The number of nitrogens with zero attached hydrogens (tertiary/aromatic N) is 1. The minimum atomic E-state index is 0.889. The highest BCUT2D eigenvalue weighted by molar-refractivity contribution is 4.90. The minimum absolute atomic E-state index is 0.889. The molecule has 2 fully saturated rings. The summed E-state index contributed by atoms with van der Waals surface area (Å²) in [7, 11) is 2.31. The van der Waals surface area contributed by atoms with E-state index in [9.17, 15) is 0 Å². The first kappa shape index (κ1) is 13.4. The molecule has 0 aromatic heterocycles. The van der Waals surface area contributed by atoms with Crippen LogP contribution >= 0.6 is 0 Å². The van der Waals surface area contributed by atoms with Crippen molar-refractivity contribution in [3.8, 4) is 0 Å². The van der Waals surface area contributed by atoms with Crippen LogP contribution in [0.25, 0.3) is 0 Å². The van der Waals surface area contributed by atoms with Gasteiger partial charge in [0.2, 0.25) is 0 Å². The van der Waals surface area contributed by atoms with Gasteiger partial charge in [-0.05, 0) is 68.9 Å². The zero-order valence-corrected chi connectivity index (χ0v) is 12.4. The van der Waals surface area contributed by atoms with Crippen molar-refractivity contribution in [3.05, 3.63) is 0 Å². The van der Waals surface area contributed by atoms with Crippen LogP contribution in [0, 0.1) is 29.6 Å². The molecule has 2 aliphatic rings. The average Bonchev–Trinajstić information content (AvgIpc) is 2.78. The van der Waals surface area contributed by atoms with Crippen LogP contribution in [0.4, 0.5) is 0 Å². The highest BCUT2D eigenvalue weighted by atomic mass is 15.1. The standard InChI is InChI=1S/C16H31N/c1-11-12(2)14(4)16(13(11)3)9-8-15-7-6-10-17(15)5/h11-16H,6-10H2,1-5H3/t11?,12?,13?,14?,15-,16?/m0/s1. The fourth-order valence-electron chi connectivity index (χ4n) is 4.47. The smallest absolute Gasteiger partial charge is 0.00927 e. The van der Waals surface area contributed by atoms with E-state index >= 15 is 0 Å². The molecule has 0 aromatic carbocycles. The van der Waals surface area contributed by atoms with Gasteiger partial charge in [0.15, 0.2) is 0 Å². The van der Waals surface area contributed by atoms with Gasteiger partial charge >= 0.3 is 0 Å². The van der Waals surface area contributed by atoms with E-state index in [1.54, 1.807) is 0 Å². The maximum Gasteiger partial charge on any atom is 0.00927 e. The second-order valence-corrected chi connectivity index (χ2v) is 6.95. The molecule has 1 saturated carbocycles. The molecule has 2 rings (SSSR count). The largest absolute Gasteiger partial charge is 0.303 e. The third kappa shape index (κ3) is 2.54. The molecular formula is C16H31N. The summed E-state index contributed by atoms with van der Waals surface area (Å²) in [6.07, 6.45) is 5.77. The molecule has 5 atom stereocenters. The van der Waals surface area contributed by atoms with Gasteiger partial charge in [-0.1, -0.05) is 27.7 Å². The molecule has 0 spiro atoms. The SMILES string of the molecule is CC1C(C)C(C)C(CC[C@@H]2CCCN2C)C1C. The number of hydrogen-bond donors (Lipinski definition) is 0. The Labute approximate surface area is 108 Å². The third-order valence-corrected chi connectivity index (χ3v) is 6.34. The van der Waals surface area contributed by atoms with Gasteiger partial charge in [0.25, 0.3) is 0 Å². The average molecular weight is 237 g/mol. The monoisotopic (exact) mass is 237 g/mol. The van der Waals surface area contributed by atoms with Gasteiger partial charge in [-0.25, -0.2) is 0 Å². The molecule has 1 heterocycles. The van der Waals surface area contributed by atoms with Crippen molar-refractivity contribution in [2.24, 2.45) is 29.6 Å². The predicted molar refractivity (Wildman–Crippen MR) is 75.0 cm³/mol. The summed E-state index contributed by atoms with van der Waals surface area (Å²) < 4.78 is 0. The first-order valence-electron chi connectivity index (χ1n) is 7.72. The zero-order chi connectivity index (χ0) is 12.6. The highest BCUT2D eigenvalue weighted by Crippen LogP contribution is 2.47. The lowest BCUT2D eigenvalue weighted by Crippen LogP contribution is -2.26. The van der Waals surface area contributed by atoms with Gasteiger partial charge in [0.05, 0.1) is 0 Å². The Kier molecular flexibility index (Phi) is 4.18. The van der Waals surface area contributed by atoms with Crippen molar-refractivity contribution in [3.63, 3.8) is 0 Å². The van der Waals surface area contributed by atoms with Crippen molar-refractivity contribution in [2.45, 2.75) is 59.4 Å². The fourth-order valence-corrected chi connectivity index (χ4v) is 4.47. The predicted octanol–water partition coefficient (Wildman–Crippen LogP) is 4.04. The first-order chi connectivity index (χ1) is 8.02. The second-order valence-electron chi connectivity index (χ2n) is 6.95. The van der Waals surface area contributed by atoms with Crippen molar-refractivity contribution in [1.29, 1.82) is 0 Å². The molecule has 0 N–H and O–H groups in total. The van der Waals surface area contributed by atoms with Gasteiger partial charge in [0.1, 0.15) is 0 Å². The van der Waals surface area contributed by atoms with Gasteiger partial charge < -0.3 is 4.90 Å². The molecule has 1 heteroatoms. The summed E-state index contributed by atoms with van der Waals surface area (Å²) in [4.78, 5) is 2.58. The topological polar surface area (TPSA) is 3.24 Å². The van der Waals surface area contributed by atoms with Crippen LogP contribution in [0.15, 0.2) is 0 Å². The van der Waals surface area contributed by atoms with Crippen molar-refractivity contribution in [2.75, 3.05) is 13.6 Å². The van der Waals surface area contributed by atoms with Crippen molar-refractivity contribution >= 4 is 0 Å². The van der Waals surface area contributed by atoms with E-state index in [-0.39, 0.29) is 0 Å². The van der Waals surface area contributed by atoms with E-state index in [1.165, 1.54) is 32.2 Å². The van der Waals surface area contributed by atoms with E-state index in [2.05, 4.69) is 39.6 Å². The van der Waals surface area contributed by atoms with Crippen LogP contribution in [0.2, 0.25) is 0 Å². The van der Waals surface area contributed by atoms with Gasteiger partial charge in [0, 0.05) is 6.04 Å². The molecular weight excluding hydrogens is 206 g/mol. The number of hydrogen-bond acceptors (Lipinski definition) is 1. The highest BCUT2D eigenvalue weighted by Gasteiger charge is 2.41. The van der Waals surface area contributed by atoms with Crippen LogP contribution in [0.3, 0.4) is 0 Å². The third-order valence-electron chi connectivity index (χ3n) is 6.34. The van der Waals surface area contributed by atoms with E-state index in [0.29, 0.717) is 0 Å². The number of rotatable bonds is 3. The Hall–Kier alpha value is -0.0400. The minimum Gasteiger partial charge on any atom is -0.303 e. The maximum absolute atomic E-state index is 2.58. The Morgan fingerprint density at radius 2 is 1.47 bits per heavy atom. The molecule has 0 radical (unpaired) electrons. The normalized spacial score (nSPS) is 47.8. The van der Waals surface area contributed by atoms with Gasteiger partial charge in [-0.3, -0.25) is 0 Å². The molecule has 4 unspecified atom stereocenters. The summed E-state index contributed by atoms with van der Waals surface area (Å²) in [5.74, 6) is 4.71. The van der Waals surface area contributed by atoms with Gasteiger partial charge in [-0.15, -0.1) is 0 Å². The molecule has 0 bridgehead atoms. The molecule has 1 aliphatic heterocycles. The van der Waals surface area contributed by atoms with Gasteiger partial charge in [-0.2, -0.15) is 0 Å². The Morgan fingerprint density at radius 3 is 1.94 bits per heavy atom. The van der Waals surface area contributed by atoms with E-state index in [4.69, 9.17) is 0 Å². The van der Waals surface area contributed by atoms with E-state index in [1.807, 2.05) is 0 Å². The van der Waals surface area contributed by atoms with Crippen molar-refractivity contribution < 1.29 is 0 Å². The van der Waals surface area contributed by atoms with Crippen LogP contribution < -0.4 is 0 Å². The Balaban J connectivity index is 1.86. The molecule has 100 valence electrons.